The van der Waals surface area contributed by atoms with E-state index in [1.807, 2.05) is 25.1 Å². The van der Waals surface area contributed by atoms with Crippen LogP contribution in [-0.2, 0) is 11.3 Å². The fourth-order valence-corrected chi connectivity index (χ4v) is 2.03. The van der Waals surface area contributed by atoms with Gasteiger partial charge in [0.15, 0.2) is 5.65 Å². The van der Waals surface area contributed by atoms with Gasteiger partial charge in [-0.2, -0.15) is 0 Å². The van der Waals surface area contributed by atoms with E-state index in [2.05, 4.69) is 24.8 Å². The minimum Gasteiger partial charge on any atom is -0.463 e. The van der Waals surface area contributed by atoms with Crippen molar-refractivity contribution in [3.05, 3.63) is 47.8 Å². The summed E-state index contributed by atoms with van der Waals surface area (Å²) in [6.45, 7) is 2.40. The molecule has 3 aromatic heterocycles. The molecule has 0 amide bonds. The molecule has 0 unspecified atom stereocenters. The molecule has 0 radical (unpaired) electrons. The number of fused-ring (bicyclic) bond motifs is 1. The van der Waals surface area contributed by atoms with Gasteiger partial charge in [0.05, 0.1) is 13.7 Å². The van der Waals surface area contributed by atoms with Gasteiger partial charge in [-0.05, 0) is 30.7 Å². The van der Waals surface area contributed by atoms with E-state index in [1.165, 1.54) is 13.4 Å². The highest BCUT2D eigenvalue weighted by Gasteiger charge is 2.12. The van der Waals surface area contributed by atoms with E-state index < -0.39 is 5.97 Å². The van der Waals surface area contributed by atoms with Crippen LogP contribution in [0.4, 0.5) is 0 Å². The summed E-state index contributed by atoms with van der Waals surface area (Å²) < 4.78 is 6.17. The van der Waals surface area contributed by atoms with E-state index in [1.54, 1.807) is 10.9 Å². The molecule has 0 aromatic carbocycles. The van der Waals surface area contributed by atoms with Gasteiger partial charge in [0, 0.05) is 17.3 Å². The van der Waals surface area contributed by atoms with Gasteiger partial charge >= 0.3 is 5.97 Å². The summed E-state index contributed by atoms with van der Waals surface area (Å²) >= 11 is 0. The Labute approximate surface area is 120 Å². The number of hydrogen-bond acceptors (Lipinski definition) is 6. The van der Waals surface area contributed by atoms with E-state index in [0.717, 1.165) is 16.6 Å². The molecule has 106 valence electrons. The Morgan fingerprint density at radius 3 is 3.05 bits per heavy atom. The van der Waals surface area contributed by atoms with Crippen LogP contribution in [0.2, 0.25) is 0 Å². The summed E-state index contributed by atoms with van der Waals surface area (Å²) in [7, 11) is 1.30. The van der Waals surface area contributed by atoms with Crippen molar-refractivity contribution in [1.82, 2.24) is 24.7 Å². The number of aryl methyl sites for hydroxylation is 1. The molecule has 0 atom stereocenters. The maximum Gasteiger partial charge on any atom is 0.377 e. The third-order valence-corrected chi connectivity index (χ3v) is 3.12. The van der Waals surface area contributed by atoms with Crippen molar-refractivity contribution < 1.29 is 9.53 Å². The number of aromatic nitrogens is 5. The zero-order valence-electron chi connectivity index (χ0n) is 11.6. The van der Waals surface area contributed by atoms with Crippen molar-refractivity contribution >= 4 is 17.0 Å². The van der Waals surface area contributed by atoms with Crippen LogP contribution < -0.4 is 0 Å². The third-order valence-electron chi connectivity index (χ3n) is 3.12. The van der Waals surface area contributed by atoms with Gasteiger partial charge in [-0.25, -0.2) is 24.4 Å². The van der Waals surface area contributed by atoms with Crippen molar-refractivity contribution in [2.75, 3.05) is 7.11 Å². The van der Waals surface area contributed by atoms with Crippen molar-refractivity contribution in [3.63, 3.8) is 0 Å². The zero-order chi connectivity index (χ0) is 14.8. The summed E-state index contributed by atoms with van der Waals surface area (Å²) in [6, 6.07) is 5.84. The first kappa shape index (κ1) is 13.2. The molecule has 0 aliphatic carbocycles. The fourth-order valence-electron chi connectivity index (χ4n) is 2.03. The van der Waals surface area contributed by atoms with Crippen molar-refractivity contribution in [2.24, 2.45) is 0 Å². The molecule has 0 saturated carbocycles. The number of esters is 1. The zero-order valence-corrected chi connectivity index (χ0v) is 11.6. The highest BCUT2D eigenvalue weighted by molar-refractivity contribution is 5.84. The Morgan fingerprint density at radius 2 is 2.24 bits per heavy atom. The number of carbonyl (C=O) groups excluding carboxylic acids is 1. The maximum atomic E-state index is 11.3. The summed E-state index contributed by atoms with van der Waals surface area (Å²) in [6.07, 6.45) is 3.22. The Balaban J connectivity index is 1.92. The average Bonchev–Trinajstić information content (AvgIpc) is 2.96. The lowest BCUT2D eigenvalue weighted by Gasteiger charge is -2.06. The van der Waals surface area contributed by atoms with Crippen LogP contribution in [0.15, 0.2) is 30.7 Å². The SMILES string of the molecule is COC(=O)c1ncn(Cc2cc3cccnc3nc2C)n1. The first-order valence-corrected chi connectivity index (χ1v) is 6.36. The van der Waals surface area contributed by atoms with E-state index in [0.29, 0.717) is 12.2 Å². The second-order valence-electron chi connectivity index (χ2n) is 4.54. The van der Waals surface area contributed by atoms with E-state index in [9.17, 15) is 4.79 Å². The Hall–Kier alpha value is -2.83. The van der Waals surface area contributed by atoms with Crippen molar-refractivity contribution in [2.45, 2.75) is 13.5 Å². The molecule has 0 fully saturated rings. The normalized spacial score (nSPS) is 10.8. The molecule has 7 heteroatoms. The number of methoxy groups -OCH3 is 1. The number of ether oxygens (including phenoxy) is 1. The first-order valence-electron chi connectivity index (χ1n) is 6.36. The fraction of sp³-hybridized carbons (Fsp3) is 0.214. The van der Waals surface area contributed by atoms with Crippen molar-refractivity contribution in [1.29, 1.82) is 0 Å². The molecule has 0 spiro atoms. The lowest BCUT2D eigenvalue weighted by Crippen LogP contribution is -2.07. The van der Waals surface area contributed by atoms with Crippen molar-refractivity contribution in [3.8, 4) is 0 Å². The second kappa shape index (κ2) is 5.28. The highest BCUT2D eigenvalue weighted by Crippen LogP contribution is 2.15. The topological polar surface area (TPSA) is 82.8 Å². The van der Waals surface area contributed by atoms with Crippen LogP contribution in [0.3, 0.4) is 0 Å². The summed E-state index contributed by atoms with van der Waals surface area (Å²) in [5.41, 5.74) is 2.58. The summed E-state index contributed by atoms with van der Waals surface area (Å²) in [4.78, 5) is 23.9. The number of rotatable bonds is 3. The maximum absolute atomic E-state index is 11.3. The smallest absolute Gasteiger partial charge is 0.377 e. The number of pyridine rings is 2. The van der Waals surface area contributed by atoms with Crippen LogP contribution in [0.25, 0.3) is 11.0 Å². The number of hydrogen-bond donors (Lipinski definition) is 0. The molecule has 0 saturated heterocycles. The van der Waals surface area contributed by atoms with Gasteiger partial charge in [-0.1, -0.05) is 0 Å². The molecule has 0 bridgehead atoms. The standard InChI is InChI=1S/C14H13N5O2/c1-9-11(6-10-4-3-5-15-12(10)17-9)7-19-8-16-13(18-19)14(20)21-2/h3-6,8H,7H2,1-2H3. The average molecular weight is 283 g/mol. The molecule has 0 aliphatic rings. The molecule has 3 aromatic rings. The predicted molar refractivity (Wildman–Crippen MR) is 74.7 cm³/mol. The molecule has 7 nitrogen and oxygen atoms in total. The lowest BCUT2D eigenvalue weighted by molar-refractivity contribution is 0.0586. The van der Waals surface area contributed by atoms with Gasteiger partial charge in [0.25, 0.3) is 5.82 Å². The second-order valence-corrected chi connectivity index (χ2v) is 4.54. The molecule has 0 N–H and O–H groups in total. The minimum absolute atomic E-state index is 0.0468. The largest absolute Gasteiger partial charge is 0.463 e. The molecular weight excluding hydrogens is 270 g/mol. The van der Waals surface area contributed by atoms with E-state index in [-0.39, 0.29) is 5.82 Å². The van der Waals surface area contributed by atoms with Crippen LogP contribution >= 0.6 is 0 Å². The molecule has 3 heterocycles. The number of nitrogens with zero attached hydrogens (tertiary/aromatic N) is 5. The van der Waals surface area contributed by atoms with Gasteiger partial charge in [0.2, 0.25) is 0 Å². The first-order chi connectivity index (χ1) is 10.2. The van der Waals surface area contributed by atoms with Gasteiger partial charge in [0.1, 0.15) is 6.33 Å². The molecule has 3 rings (SSSR count). The van der Waals surface area contributed by atoms with Gasteiger partial charge in [-0.3, -0.25) is 0 Å². The van der Waals surface area contributed by atoms with Crippen LogP contribution in [0, 0.1) is 6.92 Å². The van der Waals surface area contributed by atoms with Crippen LogP contribution in [0.5, 0.6) is 0 Å². The molecule has 21 heavy (non-hydrogen) atoms. The quantitative estimate of drug-likeness (QED) is 0.675. The van der Waals surface area contributed by atoms with Crippen LogP contribution in [0.1, 0.15) is 21.9 Å². The predicted octanol–water partition coefficient (Wildman–Crippen LogP) is 1.36. The summed E-state index contributed by atoms with van der Waals surface area (Å²) in [5.74, 6) is -0.503. The monoisotopic (exact) mass is 283 g/mol. The molecule has 0 aliphatic heterocycles. The Kier molecular flexibility index (Phi) is 3.31. The highest BCUT2D eigenvalue weighted by atomic mass is 16.5. The van der Waals surface area contributed by atoms with Gasteiger partial charge in [-0.15, -0.1) is 5.10 Å². The van der Waals surface area contributed by atoms with Crippen LogP contribution in [-0.4, -0.2) is 37.8 Å². The Morgan fingerprint density at radius 1 is 1.38 bits per heavy atom. The lowest BCUT2D eigenvalue weighted by atomic mass is 10.1. The summed E-state index contributed by atoms with van der Waals surface area (Å²) in [5, 5.41) is 5.05. The number of carbonyl (C=O) groups is 1. The van der Waals surface area contributed by atoms with Gasteiger partial charge < -0.3 is 4.74 Å². The third kappa shape index (κ3) is 2.58. The minimum atomic E-state index is -0.550. The Bertz CT molecular complexity index is 812. The molecular formula is C14H13N5O2. The van der Waals surface area contributed by atoms with E-state index in [4.69, 9.17) is 0 Å². The van der Waals surface area contributed by atoms with E-state index >= 15 is 0 Å².